The van der Waals surface area contributed by atoms with Crippen LogP contribution in [0.15, 0.2) is 69.2 Å². The van der Waals surface area contributed by atoms with E-state index in [2.05, 4.69) is 77.3 Å². The number of hydrogen-bond donors (Lipinski definition) is 0. The zero-order valence-corrected chi connectivity index (χ0v) is 14.0. The molecule has 108 valence electrons. The van der Waals surface area contributed by atoms with Crippen molar-refractivity contribution in [3.63, 3.8) is 0 Å². The zero-order valence-electron chi connectivity index (χ0n) is 14.0. The summed E-state index contributed by atoms with van der Waals surface area (Å²) in [6.07, 6.45) is 10.0. The molecular formula is C21H24. The third-order valence-corrected chi connectivity index (χ3v) is 4.43. The second-order valence-electron chi connectivity index (χ2n) is 8.24. The van der Waals surface area contributed by atoms with Crippen LogP contribution in [0.3, 0.4) is 0 Å². The van der Waals surface area contributed by atoms with Crippen LogP contribution >= 0.6 is 0 Å². The third-order valence-electron chi connectivity index (χ3n) is 4.43. The Labute approximate surface area is 128 Å². The molecule has 0 unspecified atom stereocenters. The molecule has 0 heteroatoms. The minimum Gasteiger partial charge on any atom is -0.116 e. The van der Waals surface area contributed by atoms with Crippen LogP contribution in [0.5, 0.6) is 0 Å². The molecule has 3 aliphatic rings. The summed E-state index contributed by atoms with van der Waals surface area (Å²) >= 11 is 0. The molecule has 0 spiro atoms. The molecule has 0 heterocycles. The fourth-order valence-electron chi connectivity index (χ4n) is 2.87. The number of fused-ring (bicyclic) bond motifs is 2. The van der Waals surface area contributed by atoms with Crippen molar-refractivity contribution in [3.8, 4) is 0 Å². The monoisotopic (exact) mass is 276 g/mol. The molecule has 0 aliphatic heterocycles. The molecule has 0 atom stereocenters. The van der Waals surface area contributed by atoms with Crippen molar-refractivity contribution in [3.05, 3.63) is 69.2 Å². The highest BCUT2D eigenvalue weighted by atomic mass is 14.3. The van der Waals surface area contributed by atoms with Gasteiger partial charge in [-0.25, -0.2) is 0 Å². The van der Waals surface area contributed by atoms with Crippen LogP contribution < -0.4 is 0 Å². The average Bonchev–Trinajstić information content (AvgIpc) is 2.73. The summed E-state index contributed by atoms with van der Waals surface area (Å²) in [7, 11) is 0. The van der Waals surface area contributed by atoms with Crippen LogP contribution in [-0.4, -0.2) is 0 Å². The maximum atomic E-state index is 3.51. The van der Waals surface area contributed by atoms with Gasteiger partial charge in [0.05, 0.1) is 0 Å². The van der Waals surface area contributed by atoms with Gasteiger partial charge in [-0.2, -0.15) is 0 Å². The Bertz CT molecular complexity index is 667. The quantitative estimate of drug-likeness (QED) is 0.489. The molecule has 0 amide bonds. The second kappa shape index (κ2) is 4.38. The Morgan fingerprint density at radius 3 is 1.43 bits per heavy atom. The van der Waals surface area contributed by atoms with Crippen LogP contribution in [-0.2, 0) is 0 Å². The van der Waals surface area contributed by atoms with E-state index in [1.54, 1.807) is 0 Å². The molecule has 0 aromatic carbocycles. The molecule has 0 bridgehead atoms. The molecule has 0 aromatic heterocycles. The molecule has 0 aromatic rings. The Balaban J connectivity index is 2.18. The summed E-state index contributed by atoms with van der Waals surface area (Å²) in [6.45, 7) is 13.6. The van der Waals surface area contributed by atoms with Crippen molar-refractivity contribution in [2.75, 3.05) is 0 Å². The minimum absolute atomic E-state index is 0.166. The van der Waals surface area contributed by atoms with Crippen molar-refractivity contribution in [2.45, 2.75) is 48.0 Å². The fraction of sp³-hybridized carbons (Fsp3) is 0.429. The highest BCUT2D eigenvalue weighted by Gasteiger charge is 2.28. The first-order valence-electron chi connectivity index (χ1n) is 7.77. The topological polar surface area (TPSA) is 0 Å². The van der Waals surface area contributed by atoms with Gasteiger partial charge >= 0.3 is 0 Å². The standard InChI is InChI=1S/C21H24/c1-20(2,3)16-9-7-14-11-15-8-10-17(21(4,5)6)13-19(15)18(14)12-16/h9-10,12-13H,11H2,1-6H3. The maximum Gasteiger partial charge on any atom is 0.0134 e. The van der Waals surface area contributed by atoms with Crippen molar-refractivity contribution in [1.82, 2.24) is 0 Å². The molecule has 0 nitrogen and oxygen atoms in total. The summed E-state index contributed by atoms with van der Waals surface area (Å²) < 4.78 is 0. The Hall–Kier alpha value is -1.74. The van der Waals surface area contributed by atoms with Crippen molar-refractivity contribution >= 4 is 0 Å². The largest absolute Gasteiger partial charge is 0.116 e. The van der Waals surface area contributed by atoms with E-state index >= 15 is 0 Å². The van der Waals surface area contributed by atoms with Crippen molar-refractivity contribution in [2.24, 2.45) is 10.8 Å². The van der Waals surface area contributed by atoms with Gasteiger partial charge in [-0.15, -0.1) is 11.5 Å². The van der Waals surface area contributed by atoms with Crippen LogP contribution in [0.25, 0.3) is 0 Å². The van der Waals surface area contributed by atoms with Gasteiger partial charge < -0.3 is 0 Å². The first kappa shape index (κ1) is 14.2. The van der Waals surface area contributed by atoms with E-state index in [1.165, 1.54) is 33.4 Å². The summed E-state index contributed by atoms with van der Waals surface area (Å²) in [6, 6.07) is 0. The van der Waals surface area contributed by atoms with E-state index in [1.807, 2.05) is 0 Å². The molecule has 0 N–H and O–H groups in total. The van der Waals surface area contributed by atoms with Gasteiger partial charge in [0.2, 0.25) is 0 Å². The molecule has 0 saturated carbocycles. The van der Waals surface area contributed by atoms with Gasteiger partial charge in [0.1, 0.15) is 0 Å². The highest BCUT2D eigenvalue weighted by molar-refractivity contribution is 5.68. The molecule has 3 aliphatic carbocycles. The average molecular weight is 276 g/mol. The summed E-state index contributed by atoms with van der Waals surface area (Å²) in [4.78, 5) is 0. The lowest BCUT2D eigenvalue weighted by Crippen LogP contribution is -2.10. The van der Waals surface area contributed by atoms with E-state index in [0.717, 1.165) is 6.42 Å². The van der Waals surface area contributed by atoms with Crippen LogP contribution in [0.4, 0.5) is 0 Å². The zero-order chi connectivity index (χ0) is 15.4. The second-order valence-corrected chi connectivity index (χ2v) is 8.24. The summed E-state index contributed by atoms with van der Waals surface area (Å²) in [5.41, 5.74) is 15.4. The van der Waals surface area contributed by atoms with Gasteiger partial charge in [-0.3, -0.25) is 0 Å². The van der Waals surface area contributed by atoms with Gasteiger partial charge in [-0.1, -0.05) is 41.5 Å². The van der Waals surface area contributed by atoms with E-state index < -0.39 is 0 Å². The Kier molecular flexibility index (Phi) is 2.96. The fourth-order valence-corrected chi connectivity index (χ4v) is 2.87. The summed E-state index contributed by atoms with van der Waals surface area (Å²) in [5.74, 6) is 0. The molecular weight excluding hydrogens is 252 g/mol. The van der Waals surface area contributed by atoms with Gasteiger partial charge in [0.15, 0.2) is 0 Å². The van der Waals surface area contributed by atoms with Crippen LogP contribution in [0.2, 0.25) is 0 Å². The van der Waals surface area contributed by atoms with E-state index in [0.29, 0.717) is 0 Å². The molecule has 3 rings (SSSR count). The minimum atomic E-state index is 0.166. The maximum absolute atomic E-state index is 3.51. The number of rotatable bonds is 0. The van der Waals surface area contributed by atoms with Crippen molar-refractivity contribution < 1.29 is 0 Å². The van der Waals surface area contributed by atoms with Crippen LogP contribution in [0, 0.1) is 10.8 Å². The van der Waals surface area contributed by atoms with E-state index in [4.69, 9.17) is 0 Å². The first-order chi connectivity index (χ1) is 9.66. The Morgan fingerprint density at radius 2 is 1.10 bits per heavy atom. The molecule has 21 heavy (non-hydrogen) atoms. The predicted molar refractivity (Wildman–Crippen MR) is 89.9 cm³/mol. The highest BCUT2D eigenvalue weighted by Crippen LogP contribution is 2.44. The SMILES string of the molecule is CC(C)(C)C1=CC2=C3C=C(C(C)(C)C)C=C=C3CC2=C=C1. The Morgan fingerprint density at radius 1 is 0.714 bits per heavy atom. The van der Waals surface area contributed by atoms with E-state index in [-0.39, 0.29) is 10.8 Å². The normalized spacial score (nSPS) is 20.7. The molecule has 0 radical (unpaired) electrons. The van der Waals surface area contributed by atoms with Crippen molar-refractivity contribution in [1.29, 1.82) is 0 Å². The smallest absolute Gasteiger partial charge is 0.0134 e. The van der Waals surface area contributed by atoms with E-state index in [9.17, 15) is 0 Å². The van der Waals surface area contributed by atoms with Gasteiger partial charge in [0, 0.05) is 17.6 Å². The lowest BCUT2D eigenvalue weighted by Gasteiger charge is -2.23. The van der Waals surface area contributed by atoms with Gasteiger partial charge in [0.25, 0.3) is 0 Å². The lowest BCUT2D eigenvalue weighted by atomic mass is 9.81. The predicted octanol–water partition coefficient (Wildman–Crippen LogP) is 5.82. The lowest BCUT2D eigenvalue weighted by molar-refractivity contribution is 0.515. The first-order valence-corrected chi connectivity index (χ1v) is 7.77. The third kappa shape index (κ3) is 2.46. The number of hydrogen-bond acceptors (Lipinski definition) is 0. The molecule has 0 fully saturated rings. The molecule has 0 saturated heterocycles. The summed E-state index contributed by atoms with van der Waals surface area (Å²) in [5, 5.41) is 0. The van der Waals surface area contributed by atoms with Gasteiger partial charge in [-0.05, 0) is 57.4 Å². The van der Waals surface area contributed by atoms with Crippen LogP contribution in [0.1, 0.15) is 48.0 Å². The number of allylic oxidation sites excluding steroid dienone is 8.